The van der Waals surface area contributed by atoms with E-state index in [0.717, 1.165) is 49.7 Å². The molecule has 20 heavy (non-hydrogen) atoms. The van der Waals surface area contributed by atoms with Gasteiger partial charge in [0.2, 0.25) is 0 Å². The predicted octanol–water partition coefficient (Wildman–Crippen LogP) is 1.40. The number of benzene rings is 1. The van der Waals surface area contributed by atoms with Crippen molar-refractivity contribution in [3.05, 3.63) is 41.6 Å². The second-order valence-corrected chi connectivity index (χ2v) is 4.92. The van der Waals surface area contributed by atoms with Crippen LogP contribution in [0.25, 0.3) is 5.69 Å². The zero-order valence-electron chi connectivity index (χ0n) is 11.5. The topological polar surface area (TPSA) is 50.2 Å². The van der Waals surface area contributed by atoms with E-state index in [1.165, 1.54) is 0 Å². The van der Waals surface area contributed by atoms with E-state index in [4.69, 9.17) is 0 Å². The first kappa shape index (κ1) is 12.9. The summed E-state index contributed by atoms with van der Waals surface area (Å²) < 4.78 is 1.88. The molecule has 1 saturated heterocycles. The van der Waals surface area contributed by atoms with E-state index in [9.17, 15) is 4.79 Å². The van der Waals surface area contributed by atoms with Crippen LogP contribution < -0.4 is 10.2 Å². The number of para-hydroxylation sites is 1. The molecule has 0 spiro atoms. The van der Waals surface area contributed by atoms with Gasteiger partial charge in [0.15, 0.2) is 6.29 Å². The smallest absolute Gasteiger partial charge is 0.155 e. The van der Waals surface area contributed by atoms with Gasteiger partial charge in [-0.1, -0.05) is 18.2 Å². The molecular formula is C15H18N4O. The van der Waals surface area contributed by atoms with E-state index in [-0.39, 0.29) is 0 Å². The Morgan fingerprint density at radius 3 is 2.55 bits per heavy atom. The molecule has 1 aliphatic rings. The molecule has 2 heterocycles. The van der Waals surface area contributed by atoms with Crippen LogP contribution in [0.15, 0.2) is 30.3 Å². The largest absolute Gasteiger partial charge is 0.353 e. The van der Waals surface area contributed by atoms with E-state index in [2.05, 4.69) is 15.3 Å². The number of anilines is 1. The molecule has 104 valence electrons. The molecule has 0 amide bonds. The molecule has 0 atom stereocenters. The van der Waals surface area contributed by atoms with Crippen LogP contribution in [0.5, 0.6) is 0 Å². The van der Waals surface area contributed by atoms with Gasteiger partial charge < -0.3 is 10.2 Å². The Balaban J connectivity index is 2.12. The number of hydrogen-bond acceptors (Lipinski definition) is 4. The third-order valence-corrected chi connectivity index (χ3v) is 3.62. The average molecular weight is 270 g/mol. The van der Waals surface area contributed by atoms with E-state index in [1.54, 1.807) is 0 Å². The molecule has 0 unspecified atom stereocenters. The van der Waals surface area contributed by atoms with Crippen molar-refractivity contribution in [2.75, 3.05) is 31.1 Å². The quantitative estimate of drug-likeness (QED) is 0.857. The maximum atomic E-state index is 11.4. The summed E-state index contributed by atoms with van der Waals surface area (Å²) in [6.07, 6.45) is 0.916. The molecule has 5 heteroatoms. The second kappa shape index (κ2) is 5.46. The number of aryl methyl sites for hydroxylation is 1. The highest BCUT2D eigenvalue weighted by molar-refractivity contribution is 5.85. The third kappa shape index (κ3) is 2.20. The maximum Gasteiger partial charge on any atom is 0.155 e. The molecule has 1 aliphatic heterocycles. The highest BCUT2D eigenvalue weighted by Gasteiger charge is 2.22. The summed E-state index contributed by atoms with van der Waals surface area (Å²) in [5.74, 6) is 0.908. The van der Waals surface area contributed by atoms with Crippen LogP contribution in [-0.4, -0.2) is 42.2 Å². The first-order valence-corrected chi connectivity index (χ1v) is 6.87. The van der Waals surface area contributed by atoms with Gasteiger partial charge in [0, 0.05) is 26.2 Å². The minimum Gasteiger partial charge on any atom is -0.353 e. The summed E-state index contributed by atoms with van der Waals surface area (Å²) in [6.45, 7) is 5.51. The van der Waals surface area contributed by atoms with Crippen LogP contribution in [0.4, 0.5) is 5.82 Å². The minimum absolute atomic E-state index is 0.691. The van der Waals surface area contributed by atoms with Gasteiger partial charge in [0.05, 0.1) is 16.9 Å². The first-order valence-electron chi connectivity index (χ1n) is 6.87. The van der Waals surface area contributed by atoms with Gasteiger partial charge >= 0.3 is 0 Å². The highest BCUT2D eigenvalue weighted by atomic mass is 16.1. The lowest BCUT2D eigenvalue weighted by molar-refractivity contribution is 0.112. The average Bonchev–Trinajstić information content (AvgIpc) is 2.85. The summed E-state index contributed by atoms with van der Waals surface area (Å²) >= 11 is 0. The number of carbonyl (C=O) groups excluding carboxylic acids is 1. The molecule has 2 aromatic rings. The maximum absolute atomic E-state index is 11.4. The normalized spacial score (nSPS) is 15.3. The van der Waals surface area contributed by atoms with Crippen molar-refractivity contribution in [3.8, 4) is 5.69 Å². The van der Waals surface area contributed by atoms with E-state index in [1.807, 2.05) is 41.9 Å². The standard InChI is InChI=1S/C15H18N4O/c1-12-14(11-20)15(18-9-7-16-8-10-18)19(17-12)13-5-3-2-4-6-13/h2-6,11,16H,7-10H2,1H3. The van der Waals surface area contributed by atoms with Crippen molar-refractivity contribution in [1.82, 2.24) is 15.1 Å². The Bertz CT molecular complexity index is 600. The van der Waals surface area contributed by atoms with E-state index >= 15 is 0 Å². The predicted molar refractivity (Wildman–Crippen MR) is 78.8 cm³/mol. The fourth-order valence-corrected chi connectivity index (χ4v) is 2.60. The fourth-order valence-electron chi connectivity index (χ4n) is 2.60. The molecule has 1 aromatic heterocycles. The van der Waals surface area contributed by atoms with Gasteiger partial charge in [0.1, 0.15) is 5.82 Å². The van der Waals surface area contributed by atoms with E-state index in [0.29, 0.717) is 5.56 Å². The number of hydrogen-bond donors (Lipinski definition) is 1. The lowest BCUT2D eigenvalue weighted by Gasteiger charge is -2.30. The molecule has 5 nitrogen and oxygen atoms in total. The molecule has 1 fully saturated rings. The Labute approximate surface area is 118 Å². The van der Waals surface area contributed by atoms with Crippen LogP contribution in [-0.2, 0) is 0 Å². The zero-order chi connectivity index (χ0) is 13.9. The van der Waals surface area contributed by atoms with Crippen molar-refractivity contribution in [2.45, 2.75) is 6.92 Å². The van der Waals surface area contributed by atoms with Gasteiger partial charge in [0.25, 0.3) is 0 Å². The summed E-state index contributed by atoms with van der Waals surface area (Å²) in [5, 5.41) is 7.88. The minimum atomic E-state index is 0.691. The number of piperazine rings is 1. The number of nitrogens with zero attached hydrogens (tertiary/aromatic N) is 3. The van der Waals surface area contributed by atoms with Crippen molar-refractivity contribution in [2.24, 2.45) is 0 Å². The molecular weight excluding hydrogens is 252 g/mol. The monoisotopic (exact) mass is 270 g/mol. The molecule has 0 aliphatic carbocycles. The Hall–Kier alpha value is -2.14. The Morgan fingerprint density at radius 2 is 1.90 bits per heavy atom. The van der Waals surface area contributed by atoms with Crippen molar-refractivity contribution in [1.29, 1.82) is 0 Å². The summed E-state index contributed by atoms with van der Waals surface area (Å²) in [6, 6.07) is 9.95. The lowest BCUT2D eigenvalue weighted by atomic mass is 10.2. The summed E-state index contributed by atoms with van der Waals surface area (Å²) in [5.41, 5.74) is 2.45. The van der Waals surface area contributed by atoms with E-state index < -0.39 is 0 Å². The number of aldehydes is 1. The lowest BCUT2D eigenvalue weighted by Crippen LogP contribution is -2.44. The SMILES string of the molecule is Cc1nn(-c2ccccc2)c(N2CCNCC2)c1C=O. The zero-order valence-corrected chi connectivity index (χ0v) is 11.5. The van der Waals surface area contributed by atoms with Crippen LogP contribution in [0, 0.1) is 6.92 Å². The van der Waals surface area contributed by atoms with Gasteiger partial charge in [-0.3, -0.25) is 4.79 Å². The van der Waals surface area contributed by atoms with Gasteiger partial charge in [-0.05, 0) is 19.1 Å². The Kier molecular flexibility index (Phi) is 3.52. The first-order chi connectivity index (χ1) is 9.81. The molecule has 0 radical (unpaired) electrons. The second-order valence-electron chi connectivity index (χ2n) is 4.92. The number of aromatic nitrogens is 2. The molecule has 1 aromatic carbocycles. The van der Waals surface area contributed by atoms with Crippen molar-refractivity contribution >= 4 is 12.1 Å². The molecule has 0 saturated carbocycles. The highest BCUT2D eigenvalue weighted by Crippen LogP contribution is 2.26. The van der Waals surface area contributed by atoms with Gasteiger partial charge in [-0.25, -0.2) is 4.68 Å². The molecule has 1 N–H and O–H groups in total. The number of rotatable bonds is 3. The number of nitrogens with one attached hydrogen (secondary N) is 1. The van der Waals surface area contributed by atoms with Crippen molar-refractivity contribution in [3.63, 3.8) is 0 Å². The van der Waals surface area contributed by atoms with Crippen molar-refractivity contribution < 1.29 is 4.79 Å². The molecule has 3 rings (SSSR count). The van der Waals surface area contributed by atoms with Gasteiger partial charge in [-0.15, -0.1) is 0 Å². The summed E-state index contributed by atoms with van der Waals surface area (Å²) in [7, 11) is 0. The molecule has 0 bridgehead atoms. The van der Waals surface area contributed by atoms with Crippen LogP contribution in [0.3, 0.4) is 0 Å². The van der Waals surface area contributed by atoms with Gasteiger partial charge in [-0.2, -0.15) is 5.10 Å². The van der Waals surface area contributed by atoms with Crippen LogP contribution >= 0.6 is 0 Å². The van der Waals surface area contributed by atoms with Crippen LogP contribution in [0.2, 0.25) is 0 Å². The summed E-state index contributed by atoms with van der Waals surface area (Å²) in [4.78, 5) is 13.7. The van der Waals surface area contributed by atoms with Crippen LogP contribution in [0.1, 0.15) is 16.1 Å². The Morgan fingerprint density at radius 1 is 1.20 bits per heavy atom. The third-order valence-electron chi connectivity index (χ3n) is 3.62. The fraction of sp³-hybridized carbons (Fsp3) is 0.333. The number of carbonyl (C=O) groups is 1.